The second-order valence-corrected chi connectivity index (χ2v) is 8.36. The highest BCUT2D eigenvalue weighted by Gasteiger charge is 2.34. The molecule has 1 fully saturated rings. The number of hydrogen-bond donors (Lipinski definition) is 0. The summed E-state index contributed by atoms with van der Waals surface area (Å²) in [6, 6.07) is 24.4. The lowest BCUT2D eigenvalue weighted by atomic mass is 10.2. The summed E-state index contributed by atoms with van der Waals surface area (Å²) in [6.07, 6.45) is 1.70. The van der Waals surface area contributed by atoms with Crippen LogP contribution in [0, 0.1) is 0 Å². The van der Waals surface area contributed by atoms with Crippen LogP contribution in [0.15, 0.2) is 83.8 Å². The Morgan fingerprint density at radius 2 is 1.69 bits per heavy atom. The first-order chi connectivity index (χ1) is 15.6. The van der Waals surface area contributed by atoms with E-state index in [4.69, 9.17) is 21.1 Å². The first kappa shape index (κ1) is 22.0. The van der Waals surface area contributed by atoms with Gasteiger partial charge in [-0.25, -0.2) is 0 Å². The molecule has 0 saturated carbocycles. The summed E-state index contributed by atoms with van der Waals surface area (Å²) in [4.78, 5) is 26.6. The van der Waals surface area contributed by atoms with Gasteiger partial charge in [-0.15, -0.1) is 0 Å². The fourth-order valence-electron chi connectivity index (χ4n) is 3.09. The fourth-order valence-corrected chi connectivity index (χ4v) is 4.14. The molecule has 2 amide bonds. The smallest absolute Gasteiger partial charge is 0.293 e. The summed E-state index contributed by atoms with van der Waals surface area (Å²) in [6.45, 7) is 0.761. The van der Waals surface area contributed by atoms with Crippen LogP contribution in [0.2, 0.25) is 5.02 Å². The number of halogens is 1. The fraction of sp³-hybridized carbons (Fsp3) is 0.120. The van der Waals surface area contributed by atoms with E-state index >= 15 is 0 Å². The molecule has 0 bridgehead atoms. The van der Waals surface area contributed by atoms with Crippen molar-refractivity contribution in [3.63, 3.8) is 0 Å². The molecule has 32 heavy (non-hydrogen) atoms. The number of nitrogens with zero attached hydrogens (tertiary/aromatic N) is 1. The molecule has 0 spiro atoms. The van der Waals surface area contributed by atoms with Crippen LogP contribution >= 0.6 is 23.4 Å². The molecule has 5 nitrogen and oxygen atoms in total. The minimum atomic E-state index is -0.335. The molecular weight excluding hydrogens is 446 g/mol. The first-order valence-corrected chi connectivity index (χ1v) is 11.2. The van der Waals surface area contributed by atoms with E-state index in [2.05, 4.69) is 0 Å². The van der Waals surface area contributed by atoms with Gasteiger partial charge in [-0.05, 0) is 53.2 Å². The minimum Gasteiger partial charge on any atom is -0.490 e. The maximum Gasteiger partial charge on any atom is 0.293 e. The molecule has 162 valence electrons. The van der Waals surface area contributed by atoms with Crippen LogP contribution in [-0.4, -0.2) is 29.2 Å². The van der Waals surface area contributed by atoms with E-state index < -0.39 is 0 Å². The summed E-state index contributed by atoms with van der Waals surface area (Å²) in [5.41, 5.74) is 1.85. The van der Waals surface area contributed by atoms with Crippen molar-refractivity contribution in [3.05, 3.63) is 99.9 Å². The molecule has 4 rings (SSSR count). The number of rotatable bonds is 8. The van der Waals surface area contributed by atoms with Gasteiger partial charge in [-0.1, -0.05) is 66.2 Å². The molecular formula is C25H20ClNO4S. The molecule has 1 aliphatic rings. The van der Waals surface area contributed by atoms with E-state index in [-0.39, 0.29) is 24.3 Å². The van der Waals surface area contributed by atoms with Gasteiger partial charge in [0.25, 0.3) is 11.1 Å². The Kier molecular flexibility index (Phi) is 7.14. The maximum atomic E-state index is 12.7. The summed E-state index contributed by atoms with van der Waals surface area (Å²) in [5.74, 6) is 0.873. The number of para-hydroxylation sites is 1. The van der Waals surface area contributed by atoms with Gasteiger partial charge in [0, 0.05) is 0 Å². The van der Waals surface area contributed by atoms with Gasteiger partial charge in [-0.2, -0.15) is 0 Å². The van der Waals surface area contributed by atoms with Crippen molar-refractivity contribution in [2.45, 2.75) is 6.61 Å². The third-order valence-electron chi connectivity index (χ3n) is 4.69. The highest BCUT2D eigenvalue weighted by atomic mass is 35.5. The number of ether oxygens (including phenoxy) is 2. The molecule has 0 atom stereocenters. The van der Waals surface area contributed by atoms with Crippen molar-refractivity contribution in [2.75, 3.05) is 13.2 Å². The summed E-state index contributed by atoms with van der Waals surface area (Å²) in [7, 11) is 0. The zero-order chi connectivity index (χ0) is 22.3. The Morgan fingerprint density at radius 1 is 0.906 bits per heavy atom. The van der Waals surface area contributed by atoms with Crippen molar-refractivity contribution in [1.82, 2.24) is 4.90 Å². The Hall–Kier alpha value is -3.22. The summed E-state index contributed by atoms with van der Waals surface area (Å²) in [5, 5.41) is 0.163. The number of thioether (sulfide) groups is 1. The number of carbonyl (C=O) groups is 2. The molecule has 1 saturated heterocycles. The molecule has 0 unspecified atom stereocenters. The first-order valence-electron chi connectivity index (χ1n) is 9.99. The van der Waals surface area contributed by atoms with E-state index in [1.807, 2.05) is 60.7 Å². The molecule has 1 heterocycles. The van der Waals surface area contributed by atoms with Crippen molar-refractivity contribution in [1.29, 1.82) is 0 Å². The predicted octanol–water partition coefficient (Wildman–Crippen LogP) is 6.03. The molecule has 7 heteroatoms. The Morgan fingerprint density at radius 3 is 2.50 bits per heavy atom. The largest absolute Gasteiger partial charge is 0.490 e. The van der Waals surface area contributed by atoms with E-state index in [1.54, 1.807) is 24.3 Å². The minimum absolute atomic E-state index is 0.146. The van der Waals surface area contributed by atoms with Crippen molar-refractivity contribution < 1.29 is 19.1 Å². The van der Waals surface area contributed by atoms with Gasteiger partial charge < -0.3 is 9.47 Å². The van der Waals surface area contributed by atoms with E-state index in [0.29, 0.717) is 28.0 Å². The van der Waals surface area contributed by atoms with Gasteiger partial charge in [-0.3, -0.25) is 14.5 Å². The number of benzene rings is 3. The standard InChI is InChI=1S/C25H20ClNO4S/c26-21-11-4-5-12-22(21)30-14-13-27-24(28)23(32-25(27)29)16-19-9-6-10-20(15-19)31-17-18-7-2-1-3-8-18/h1-12,15-16H,13-14,17H2/b23-16-. The molecule has 3 aromatic rings. The Bertz CT molecular complexity index is 1150. The van der Waals surface area contributed by atoms with E-state index in [1.165, 1.54) is 4.90 Å². The number of amides is 2. The second-order valence-electron chi connectivity index (χ2n) is 6.96. The number of imide groups is 1. The summed E-state index contributed by atoms with van der Waals surface area (Å²) < 4.78 is 11.5. The SMILES string of the molecule is O=C1S/C(=C\c2cccc(OCc3ccccc3)c2)C(=O)N1CCOc1ccccc1Cl. The third-order valence-corrected chi connectivity index (χ3v) is 5.91. The van der Waals surface area contributed by atoms with Crippen LogP contribution in [0.3, 0.4) is 0 Å². The van der Waals surface area contributed by atoms with E-state index in [9.17, 15) is 9.59 Å². The average molecular weight is 466 g/mol. The molecule has 0 aliphatic carbocycles. The zero-order valence-electron chi connectivity index (χ0n) is 17.1. The van der Waals surface area contributed by atoms with Gasteiger partial charge >= 0.3 is 0 Å². The second kappa shape index (κ2) is 10.4. The van der Waals surface area contributed by atoms with Crippen LogP contribution in [0.4, 0.5) is 4.79 Å². The van der Waals surface area contributed by atoms with Crippen LogP contribution in [-0.2, 0) is 11.4 Å². The molecule has 0 radical (unpaired) electrons. The highest BCUT2D eigenvalue weighted by Crippen LogP contribution is 2.32. The maximum absolute atomic E-state index is 12.7. The molecule has 0 aromatic heterocycles. The average Bonchev–Trinajstić information content (AvgIpc) is 3.07. The van der Waals surface area contributed by atoms with Crippen LogP contribution in [0.5, 0.6) is 11.5 Å². The van der Waals surface area contributed by atoms with Crippen LogP contribution < -0.4 is 9.47 Å². The molecule has 0 N–H and O–H groups in total. The lowest BCUT2D eigenvalue weighted by molar-refractivity contribution is -0.123. The van der Waals surface area contributed by atoms with Gasteiger partial charge in [0.1, 0.15) is 24.7 Å². The number of hydrogen-bond acceptors (Lipinski definition) is 5. The monoisotopic (exact) mass is 465 g/mol. The number of carbonyl (C=O) groups excluding carboxylic acids is 2. The van der Waals surface area contributed by atoms with Gasteiger partial charge in [0.05, 0.1) is 16.5 Å². The molecule has 3 aromatic carbocycles. The van der Waals surface area contributed by atoms with Crippen molar-refractivity contribution in [2.24, 2.45) is 0 Å². The lowest BCUT2D eigenvalue weighted by Gasteiger charge is -2.13. The zero-order valence-corrected chi connectivity index (χ0v) is 18.6. The Balaban J connectivity index is 1.37. The highest BCUT2D eigenvalue weighted by molar-refractivity contribution is 8.18. The quantitative estimate of drug-likeness (QED) is 0.380. The predicted molar refractivity (Wildman–Crippen MR) is 127 cm³/mol. The van der Waals surface area contributed by atoms with E-state index in [0.717, 1.165) is 22.9 Å². The van der Waals surface area contributed by atoms with Crippen LogP contribution in [0.1, 0.15) is 11.1 Å². The van der Waals surface area contributed by atoms with Gasteiger partial charge in [0.2, 0.25) is 0 Å². The molecule has 1 aliphatic heterocycles. The van der Waals surface area contributed by atoms with Crippen molar-refractivity contribution in [3.8, 4) is 11.5 Å². The normalized spacial score (nSPS) is 14.8. The van der Waals surface area contributed by atoms with Crippen LogP contribution in [0.25, 0.3) is 6.08 Å². The topological polar surface area (TPSA) is 55.8 Å². The summed E-state index contributed by atoms with van der Waals surface area (Å²) >= 11 is 6.98. The lowest BCUT2D eigenvalue weighted by Crippen LogP contribution is -2.32. The van der Waals surface area contributed by atoms with Gasteiger partial charge in [0.15, 0.2) is 0 Å². The Labute approximate surface area is 195 Å². The van der Waals surface area contributed by atoms with Crippen molar-refractivity contribution >= 4 is 40.6 Å². The third kappa shape index (κ3) is 5.52.